The van der Waals surface area contributed by atoms with Crippen LogP contribution >= 0.6 is 0 Å². The normalized spacial score (nSPS) is 22.5. The van der Waals surface area contributed by atoms with E-state index in [4.69, 9.17) is 9.97 Å². The quantitative estimate of drug-likeness (QED) is 0.243. The Labute approximate surface area is 269 Å². The Morgan fingerprint density at radius 3 is 2.43 bits per heavy atom. The van der Waals surface area contributed by atoms with Crippen molar-refractivity contribution in [2.75, 3.05) is 48.8 Å². The summed E-state index contributed by atoms with van der Waals surface area (Å²) in [5.74, 6) is 1.45. The highest BCUT2D eigenvalue weighted by atomic mass is 32.2. The van der Waals surface area contributed by atoms with E-state index in [0.717, 1.165) is 78.6 Å². The van der Waals surface area contributed by atoms with Crippen molar-refractivity contribution < 1.29 is 13.5 Å². The Hall–Kier alpha value is -4.14. The molecule has 242 valence electrons. The van der Waals surface area contributed by atoms with Gasteiger partial charge >= 0.3 is 0 Å². The average Bonchev–Trinajstić information content (AvgIpc) is 3.80. The van der Waals surface area contributed by atoms with E-state index in [0.29, 0.717) is 35.9 Å². The summed E-state index contributed by atoms with van der Waals surface area (Å²) in [7, 11) is -1.33. The Kier molecular flexibility index (Phi) is 8.11. The lowest BCUT2D eigenvalue weighted by molar-refractivity contribution is 0.0196. The van der Waals surface area contributed by atoms with E-state index in [1.54, 1.807) is 12.3 Å². The molecular weight excluding hydrogens is 604 g/mol. The van der Waals surface area contributed by atoms with Crippen molar-refractivity contribution in [2.45, 2.75) is 62.3 Å². The van der Waals surface area contributed by atoms with Crippen LogP contribution in [0.25, 0.3) is 22.6 Å². The fraction of sp³-hybridized carbons (Fsp3) is 0.469. The van der Waals surface area contributed by atoms with Crippen molar-refractivity contribution in [3.05, 3.63) is 55.2 Å². The van der Waals surface area contributed by atoms with Crippen LogP contribution in [0, 0.1) is 0 Å². The topological polar surface area (TPSA) is 154 Å². The van der Waals surface area contributed by atoms with Gasteiger partial charge in [-0.25, -0.2) is 23.4 Å². The predicted molar refractivity (Wildman–Crippen MR) is 178 cm³/mol. The van der Waals surface area contributed by atoms with E-state index < -0.39 is 15.6 Å². The summed E-state index contributed by atoms with van der Waals surface area (Å²) in [6.45, 7) is 5.92. The second kappa shape index (κ2) is 12.2. The third-order valence-electron chi connectivity index (χ3n) is 9.16. The van der Waals surface area contributed by atoms with Crippen molar-refractivity contribution in [3.63, 3.8) is 0 Å². The summed E-state index contributed by atoms with van der Waals surface area (Å²) in [5.41, 5.74) is 3.60. The first kappa shape index (κ1) is 30.5. The number of anilines is 4. The van der Waals surface area contributed by atoms with E-state index in [9.17, 15) is 13.5 Å². The van der Waals surface area contributed by atoms with Crippen LogP contribution in [-0.2, 0) is 10.0 Å². The molecule has 14 heteroatoms. The van der Waals surface area contributed by atoms with Crippen LogP contribution in [0.3, 0.4) is 0 Å². The lowest BCUT2D eigenvalue weighted by Crippen LogP contribution is -2.44. The molecule has 3 fully saturated rings. The zero-order chi connectivity index (χ0) is 31.9. The molecular formula is C32H40N10O3S. The number of hydrogen-bond acceptors (Lipinski definition) is 12. The second-order valence-corrected chi connectivity index (χ2v) is 15.0. The molecule has 13 nitrogen and oxygen atoms in total. The summed E-state index contributed by atoms with van der Waals surface area (Å²) in [5, 5.41) is 21.2. The maximum absolute atomic E-state index is 12.6. The van der Waals surface area contributed by atoms with Gasteiger partial charge in [0.1, 0.15) is 11.6 Å². The molecule has 0 radical (unpaired) electrons. The molecule has 0 spiro atoms. The summed E-state index contributed by atoms with van der Waals surface area (Å²) in [4.78, 5) is 23.2. The van der Waals surface area contributed by atoms with Gasteiger partial charge in [0.05, 0.1) is 46.4 Å². The van der Waals surface area contributed by atoms with Crippen LogP contribution < -0.4 is 15.5 Å². The maximum atomic E-state index is 12.6. The van der Waals surface area contributed by atoms with E-state index in [1.165, 1.54) is 12.4 Å². The van der Waals surface area contributed by atoms with Crippen LogP contribution in [0.5, 0.6) is 0 Å². The fourth-order valence-electron chi connectivity index (χ4n) is 6.02. The number of aromatic nitrogens is 6. The minimum absolute atomic E-state index is 0.202. The first-order valence-corrected chi connectivity index (χ1v) is 17.4. The third kappa shape index (κ3) is 6.69. The van der Waals surface area contributed by atoms with Crippen LogP contribution in [0.15, 0.2) is 55.2 Å². The van der Waals surface area contributed by atoms with E-state index in [2.05, 4.69) is 54.7 Å². The van der Waals surface area contributed by atoms with Crippen LogP contribution in [0.4, 0.5) is 23.0 Å². The van der Waals surface area contributed by atoms with E-state index >= 15 is 0 Å². The van der Waals surface area contributed by atoms with Crippen LogP contribution in [0.2, 0.25) is 0 Å². The molecule has 46 heavy (non-hydrogen) atoms. The second-order valence-electron chi connectivity index (χ2n) is 13.0. The van der Waals surface area contributed by atoms with E-state index in [1.807, 2.05) is 25.4 Å². The van der Waals surface area contributed by atoms with Crippen molar-refractivity contribution in [1.82, 2.24) is 34.0 Å². The van der Waals surface area contributed by atoms with Crippen molar-refractivity contribution in [3.8, 4) is 22.6 Å². The molecule has 2 aliphatic carbocycles. The van der Waals surface area contributed by atoms with Gasteiger partial charge in [-0.1, -0.05) is 0 Å². The molecule has 0 aromatic carbocycles. The number of nitrogens with one attached hydrogen (secondary N) is 2. The average molecular weight is 645 g/mol. The smallest absolute Gasteiger partial charge is 0.256 e. The molecule has 5 heterocycles. The van der Waals surface area contributed by atoms with Crippen LogP contribution in [0.1, 0.15) is 45.4 Å². The van der Waals surface area contributed by atoms with Gasteiger partial charge in [0.25, 0.3) is 10.0 Å². The number of likely N-dealkylation sites (N-methyl/N-ethyl adjacent to an activating group) is 1. The lowest BCUT2D eigenvalue weighted by Gasteiger charge is -2.34. The van der Waals surface area contributed by atoms with Crippen molar-refractivity contribution in [1.29, 1.82) is 0 Å². The van der Waals surface area contributed by atoms with Crippen molar-refractivity contribution >= 4 is 33.0 Å². The number of aliphatic hydroxyl groups is 1. The molecule has 4 aromatic rings. The molecule has 0 amide bonds. The zero-order valence-corrected chi connectivity index (χ0v) is 27.0. The summed E-state index contributed by atoms with van der Waals surface area (Å²) in [6.07, 6.45) is 12.8. The Morgan fingerprint density at radius 1 is 0.935 bits per heavy atom. The highest BCUT2D eigenvalue weighted by Gasteiger charge is 2.37. The van der Waals surface area contributed by atoms with Gasteiger partial charge in [0, 0.05) is 61.9 Å². The fourth-order valence-corrected chi connectivity index (χ4v) is 7.50. The van der Waals surface area contributed by atoms with Crippen molar-refractivity contribution in [2.24, 2.45) is 0 Å². The minimum Gasteiger partial charge on any atom is -0.390 e. The number of piperazine rings is 1. The monoisotopic (exact) mass is 644 g/mol. The molecule has 1 aliphatic heterocycles. The van der Waals surface area contributed by atoms with E-state index in [-0.39, 0.29) is 11.3 Å². The number of pyridine rings is 2. The van der Waals surface area contributed by atoms with Gasteiger partial charge in [0.2, 0.25) is 0 Å². The van der Waals surface area contributed by atoms with Gasteiger partial charge in [-0.15, -0.1) is 0 Å². The maximum Gasteiger partial charge on any atom is 0.256 e. The summed E-state index contributed by atoms with van der Waals surface area (Å²) < 4.78 is 26.2. The number of rotatable bonds is 9. The Bertz CT molecular complexity index is 1790. The standard InChI is InChI=1S/C32H40N10O3S/c1-32(43)10-7-23(8-11-32)37-28-17-30(35-20-26(28)27-6-3-24(19-34-27)41-15-13-40(2)14-16-41)38-29-9-12-33-31(39-29)22-18-36-42(21-22)46(44,45)25-4-5-25/h3,6,9,12,17-21,23,25,43H,4-5,7-8,10-11,13-16H2,1-2H3,(H2,33,35,37,38,39). The molecule has 1 saturated heterocycles. The molecule has 3 aliphatic rings. The molecule has 3 N–H and O–H groups in total. The molecule has 7 rings (SSSR count). The van der Waals surface area contributed by atoms with Gasteiger partial charge in [-0.05, 0) is 70.7 Å². The van der Waals surface area contributed by atoms with Gasteiger partial charge in [-0.3, -0.25) is 4.98 Å². The number of nitrogens with zero attached hydrogens (tertiary/aromatic N) is 8. The summed E-state index contributed by atoms with van der Waals surface area (Å²) >= 11 is 0. The lowest BCUT2D eigenvalue weighted by atomic mass is 9.83. The largest absolute Gasteiger partial charge is 0.390 e. The Morgan fingerprint density at radius 2 is 1.72 bits per heavy atom. The first-order chi connectivity index (χ1) is 22.1. The molecule has 0 bridgehead atoms. The molecule has 0 unspecified atom stereocenters. The number of hydrogen-bond donors (Lipinski definition) is 3. The highest BCUT2D eigenvalue weighted by molar-refractivity contribution is 7.90. The molecule has 4 aromatic heterocycles. The predicted octanol–water partition coefficient (Wildman–Crippen LogP) is 3.74. The third-order valence-corrected chi connectivity index (χ3v) is 11.2. The minimum atomic E-state index is -3.48. The van der Waals surface area contributed by atoms with Gasteiger partial charge < -0.3 is 25.5 Å². The Balaban J connectivity index is 1.13. The molecule has 2 saturated carbocycles. The first-order valence-electron chi connectivity index (χ1n) is 15.9. The zero-order valence-electron chi connectivity index (χ0n) is 26.2. The molecule has 0 atom stereocenters. The van der Waals surface area contributed by atoms with Gasteiger partial charge in [0.15, 0.2) is 5.82 Å². The van der Waals surface area contributed by atoms with Gasteiger partial charge in [-0.2, -0.15) is 9.19 Å². The SMILES string of the molecule is CN1CCN(c2ccc(-c3cnc(Nc4ccnc(-c5cnn(S(=O)(=O)C6CC6)c5)n4)cc3NC3CCC(C)(O)CC3)nc2)CC1. The summed E-state index contributed by atoms with van der Waals surface area (Å²) in [6, 6.07) is 8.07. The highest BCUT2D eigenvalue weighted by Crippen LogP contribution is 2.35. The van der Waals surface area contributed by atoms with Crippen LogP contribution in [-0.4, -0.2) is 97.7 Å².